The van der Waals surface area contributed by atoms with Crippen molar-refractivity contribution < 1.29 is 9.47 Å². The number of hydrogen-bond acceptors (Lipinski definition) is 3. The van der Waals surface area contributed by atoms with Crippen molar-refractivity contribution in [1.82, 2.24) is 4.57 Å². The molecule has 0 aliphatic carbocycles. The van der Waals surface area contributed by atoms with E-state index in [1.54, 1.807) is 7.11 Å². The second kappa shape index (κ2) is 7.44. The Balaban J connectivity index is 2.24. The van der Waals surface area contributed by atoms with Crippen LogP contribution in [-0.4, -0.2) is 31.5 Å². The lowest BCUT2D eigenvalue weighted by Gasteiger charge is -2.06. The van der Waals surface area contributed by atoms with Crippen LogP contribution in [0.3, 0.4) is 0 Å². The molecule has 1 unspecified atom stereocenters. The van der Waals surface area contributed by atoms with Gasteiger partial charge in [0, 0.05) is 32.1 Å². The number of nitrogens with zero attached hydrogens (tertiary/aromatic N) is 1. The monoisotopic (exact) mass is 226 g/mol. The van der Waals surface area contributed by atoms with Gasteiger partial charge in [0.25, 0.3) is 0 Å². The molecule has 0 saturated heterocycles. The molecule has 92 valence electrons. The fourth-order valence-corrected chi connectivity index (χ4v) is 1.47. The molecule has 1 rings (SSSR count). The molecule has 0 aromatic carbocycles. The van der Waals surface area contributed by atoms with E-state index in [2.05, 4.69) is 23.8 Å². The normalized spacial score (nSPS) is 12.9. The van der Waals surface area contributed by atoms with E-state index in [1.807, 2.05) is 6.20 Å². The van der Waals surface area contributed by atoms with Gasteiger partial charge < -0.3 is 19.8 Å². The van der Waals surface area contributed by atoms with Crippen molar-refractivity contribution in [3.63, 3.8) is 0 Å². The lowest BCUT2D eigenvalue weighted by Crippen LogP contribution is -2.09. The summed E-state index contributed by atoms with van der Waals surface area (Å²) in [4.78, 5) is 0. The lowest BCUT2D eigenvalue weighted by molar-refractivity contribution is 0.0666. The van der Waals surface area contributed by atoms with Crippen molar-refractivity contribution in [2.45, 2.75) is 25.9 Å². The first-order valence-electron chi connectivity index (χ1n) is 5.75. The van der Waals surface area contributed by atoms with E-state index >= 15 is 0 Å². The third-order valence-corrected chi connectivity index (χ3v) is 2.57. The molecule has 2 N–H and O–H groups in total. The van der Waals surface area contributed by atoms with Gasteiger partial charge in [-0.1, -0.05) is 6.92 Å². The highest BCUT2D eigenvalue weighted by Gasteiger charge is 2.04. The summed E-state index contributed by atoms with van der Waals surface area (Å²) in [5.41, 5.74) is 7.13. The highest BCUT2D eigenvalue weighted by molar-refractivity contribution is 5.14. The van der Waals surface area contributed by atoms with Gasteiger partial charge in [0.15, 0.2) is 0 Å². The van der Waals surface area contributed by atoms with Crippen molar-refractivity contribution >= 4 is 0 Å². The molecule has 4 heteroatoms. The van der Waals surface area contributed by atoms with Gasteiger partial charge in [-0.25, -0.2) is 0 Å². The largest absolute Gasteiger partial charge is 0.382 e. The maximum atomic E-state index is 5.94. The summed E-state index contributed by atoms with van der Waals surface area (Å²) < 4.78 is 12.4. The topological polar surface area (TPSA) is 49.4 Å². The van der Waals surface area contributed by atoms with Crippen molar-refractivity contribution in [1.29, 1.82) is 0 Å². The molecule has 0 radical (unpaired) electrons. The molecule has 4 nitrogen and oxygen atoms in total. The van der Waals surface area contributed by atoms with Crippen LogP contribution in [0.1, 0.15) is 24.9 Å². The van der Waals surface area contributed by atoms with Crippen LogP contribution >= 0.6 is 0 Å². The summed E-state index contributed by atoms with van der Waals surface area (Å²) >= 11 is 0. The molecular formula is C12H22N2O2. The second-order valence-corrected chi connectivity index (χ2v) is 3.80. The van der Waals surface area contributed by atoms with Crippen LogP contribution in [0.4, 0.5) is 0 Å². The number of ether oxygens (including phenoxy) is 2. The Morgan fingerprint density at radius 2 is 2.19 bits per heavy atom. The zero-order valence-electron chi connectivity index (χ0n) is 10.2. The molecule has 0 aliphatic heterocycles. The van der Waals surface area contributed by atoms with Crippen molar-refractivity contribution in [3.05, 3.63) is 24.0 Å². The van der Waals surface area contributed by atoms with Crippen LogP contribution < -0.4 is 5.73 Å². The number of nitrogens with two attached hydrogens (primary N) is 1. The minimum absolute atomic E-state index is 0.149. The summed E-state index contributed by atoms with van der Waals surface area (Å²) in [6, 6.07) is 2.22. The Labute approximate surface area is 97.3 Å². The van der Waals surface area contributed by atoms with E-state index in [0.29, 0.717) is 19.8 Å². The lowest BCUT2D eigenvalue weighted by atomic mass is 10.1. The summed E-state index contributed by atoms with van der Waals surface area (Å²) in [5, 5.41) is 0. The third-order valence-electron chi connectivity index (χ3n) is 2.57. The van der Waals surface area contributed by atoms with E-state index in [1.165, 1.54) is 5.56 Å². The Morgan fingerprint density at radius 1 is 1.38 bits per heavy atom. The predicted octanol–water partition coefficient (Wildman–Crippen LogP) is 1.56. The zero-order chi connectivity index (χ0) is 11.8. The van der Waals surface area contributed by atoms with Gasteiger partial charge in [-0.15, -0.1) is 0 Å². The molecule has 1 atom stereocenters. The molecule has 0 spiro atoms. The highest BCUT2D eigenvalue weighted by Crippen LogP contribution is 2.13. The Hall–Kier alpha value is -0.840. The third kappa shape index (κ3) is 4.35. The maximum Gasteiger partial charge on any atom is 0.0701 e. The quantitative estimate of drug-likeness (QED) is 0.684. The molecule has 0 aliphatic rings. The average Bonchev–Trinajstić information content (AvgIpc) is 2.76. The molecule has 1 aromatic rings. The smallest absolute Gasteiger partial charge is 0.0701 e. The van der Waals surface area contributed by atoms with Crippen molar-refractivity contribution in [2.24, 2.45) is 5.73 Å². The van der Waals surface area contributed by atoms with Crippen LogP contribution in [0, 0.1) is 0 Å². The number of rotatable bonds is 8. The molecule has 1 aromatic heterocycles. The SMILES string of the molecule is CCC(N)c1ccn(CCOCCOC)c1. The fourth-order valence-electron chi connectivity index (χ4n) is 1.47. The highest BCUT2D eigenvalue weighted by atomic mass is 16.5. The maximum absolute atomic E-state index is 5.94. The number of aromatic nitrogens is 1. The minimum atomic E-state index is 0.149. The Bertz CT molecular complexity index is 286. The van der Waals surface area contributed by atoms with Crippen LogP contribution in [0.25, 0.3) is 0 Å². The van der Waals surface area contributed by atoms with E-state index in [9.17, 15) is 0 Å². The van der Waals surface area contributed by atoms with Gasteiger partial charge in [-0.05, 0) is 18.1 Å². The summed E-state index contributed by atoms with van der Waals surface area (Å²) in [6.07, 6.45) is 5.10. The summed E-state index contributed by atoms with van der Waals surface area (Å²) in [7, 11) is 1.67. The molecule has 16 heavy (non-hydrogen) atoms. The van der Waals surface area contributed by atoms with E-state index in [4.69, 9.17) is 15.2 Å². The molecule has 0 amide bonds. The van der Waals surface area contributed by atoms with E-state index in [-0.39, 0.29) is 6.04 Å². The van der Waals surface area contributed by atoms with Gasteiger partial charge >= 0.3 is 0 Å². The zero-order valence-corrected chi connectivity index (χ0v) is 10.2. The van der Waals surface area contributed by atoms with Crippen LogP contribution in [-0.2, 0) is 16.0 Å². The molecular weight excluding hydrogens is 204 g/mol. The van der Waals surface area contributed by atoms with E-state index < -0.39 is 0 Å². The van der Waals surface area contributed by atoms with Gasteiger partial charge in [-0.3, -0.25) is 0 Å². The average molecular weight is 226 g/mol. The molecule has 0 fully saturated rings. The van der Waals surface area contributed by atoms with Crippen LogP contribution in [0.5, 0.6) is 0 Å². The first-order chi connectivity index (χ1) is 7.77. The number of hydrogen-bond donors (Lipinski definition) is 1. The molecule has 0 bridgehead atoms. The molecule has 1 heterocycles. The van der Waals surface area contributed by atoms with Gasteiger partial charge in [0.2, 0.25) is 0 Å². The number of methoxy groups -OCH3 is 1. The minimum Gasteiger partial charge on any atom is -0.382 e. The Morgan fingerprint density at radius 3 is 2.88 bits per heavy atom. The van der Waals surface area contributed by atoms with E-state index in [0.717, 1.165) is 13.0 Å². The first kappa shape index (κ1) is 13.2. The predicted molar refractivity (Wildman–Crippen MR) is 64.3 cm³/mol. The second-order valence-electron chi connectivity index (χ2n) is 3.80. The fraction of sp³-hybridized carbons (Fsp3) is 0.667. The van der Waals surface area contributed by atoms with Gasteiger partial charge in [0.05, 0.1) is 19.8 Å². The Kier molecular flexibility index (Phi) is 6.15. The summed E-state index contributed by atoms with van der Waals surface area (Å²) in [6.45, 7) is 4.96. The van der Waals surface area contributed by atoms with Gasteiger partial charge in [-0.2, -0.15) is 0 Å². The summed E-state index contributed by atoms with van der Waals surface area (Å²) in [5.74, 6) is 0. The standard InChI is InChI=1S/C12H22N2O2/c1-3-12(13)11-4-5-14(10-11)6-7-16-9-8-15-2/h4-5,10,12H,3,6-9,13H2,1-2H3. The van der Waals surface area contributed by atoms with Crippen molar-refractivity contribution in [2.75, 3.05) is 26.9 Å². The van der Waals surface area contributed by atoms with Crippen molar-refractivity contribution in [3.8, 4) is 0 Å². The first-order valence-corrected chi connectivity index (χ1v) is 5.75. The van der Waals surface area contributed by atoms with Crippen LogP contribution in [0.2, 0.25) is 0 Å². The van der Waals surface area contributed by atoms with Crippen LogP contribution in [0.15, 0.2) is 18.5 Å². The molecule has 0 saturated carbocycles. The van der Waals surface area contributed by atoms with Gasteiger partial charge in [0.1, 0.15) is 0 Å².